The highest BCUT2D eigenvalue weighted by molar-refractivity contribution is 8.00. The van der Waals surface area contributed by atoms with Gasteiger partial charge in [0.15, 0.2) is 5.82 Å². The van der Waals surface area contributed by atoms with Gasteiger partial charge in [-0.3, -0.25) is 4.57 Å². The molecule has 1 aliphatic rings. The van der Waals surface area contributed by atoms with Gasteiger partial charge in [0.2, 0.25) is 0 Å². The molecule has 154 valence electrons. The van der Waals surface area contributed by atoms with E-state index in [0.29, 0.717) is 5.82 Å². The van der Waals surface area contributed by atoms with Gasteiger partial charge in [0.1, 0.15) is 0 Å². The van der Waals surface area contributed by atoms with Crippen molar-refractivity contribution in [3.8, 4) is 18.0 Å². The van der Waals surface area contributed by atoms with E-state index >= 15 is 0 Å². The number of benzene rings is 3. The van der Waals surface area contributed by atoms with Crippen molar-refractivity contribution in [3.05, 3.63) is 78.6 Å². The maximum absolute atomic E-state index is 5.80. The Labute approximate surface area is 186 Å². The topological polar surface area (TPSA) is 42.3 Å². The normalized spacial score (nSPS) is 13.8. The minimum Gasteiger partial charge on any atom is -0.378 e. The fourth-order valence-corrected chi connectivity index (χ4v) is 4.39. The van der Waals surface area contributed by atoms with E-state index in [1.807, 2.05) is 28.8 Å². The number of imidazole rings is 1. The minimum atomic E-state index is 0.605. The average molecular weight is 427 g/mol. The molecule has 0 amide bonds. The van der Waals surface area contributed by atoms with E-state index in [-0.39, 0.29) is 0 Å². The number of ether oxygens (including phenoxy) is 1. The molecule has 1 fully saturated rings. The Kier molecular flexibility index (Phi) is 5.53. The van der Waals surface area contributed by atoms with Crippen LogP contribution in [0.1, 0.15) is 5.82 Å². The fraction of sp³-hybridized carbons (Fsp3) is 0.160. The van der Waals surface area contributed by atoms with E-state index in [1.54, 1.807) is 11.9 Å². The lowest BCUT2D eigenvalue weighted by Crippen LogP contribution is -2.36. The number of aromatic nitrogens is 2. The van der Waals surface area contributed by atoms with Gasteiger partial charge in [-0.05, 0) is 72.5 Å². The maximum atomic E-state index is 5.80. The van der Waals surface area contributed by atoms with Gasteiger partial charge in [0.05, 0.1) is 24.2 Å². The highest BCUT2D eigenvalue weighted by Gasteiger charge is 2.16. The molecule has 5 nitrogen and oxygen atoms in total. The summed E-state index contributed by atoms with van der Waals surface area (Å²) < 4.78 is 10.9. The molecule has 2 heterocycles. The van der Waals surface area contributed by atoms with Crippen LogP contribution in [0, 0.1) is 12.3 Å². The summed E-state index contributed by atoms with van der Waals surface area (Å²) in [5, 5.41) is 0. The van der Waals surface area contributed by atoms with Crippen molar-refractivity contribution in [3.63, 3.8) is 0 Å². The summed E-state index contributed by atoms with van der Waals surface area (Å²) in [5.74, 6) is 3.35. The van der Waals surface area contributed by atoms with Crippen molar-refractivity contribution in [2.45, 2.75) is 4.90 Å². The predicted molar refractivity (Wildman–Crippen MR) is 128 cm³/mol. The molecule has 4 aromatic rings. The SMILES string of the molecule is C#Cc1nc2ccc(N3CCOCC3)cc2n1-c1ccc(NSc2ccccc2)cc1. The predicted octanol–water partition coefficient (Wildman–Crippen LogP) is 4.96. The van der Waals surface area contributed by atoms with Crippen molar-refractivity contribution in [2.24, 2.45) is 0 Å². The second kappa shape index (κ2) is 8.76. The van der Waals surface area contributed by atoms with E-state index in [1.165, 1.54) is 0 Å². The van der Waals surface area contributed by atoms with Crippen molar-refractivity contribution in [2.75, 3.05) is 35.9 Å². The van der Waals surface area contributed by atoms with Gasteiger partial charge in [0, 0.05) is 35.0 Å². The highest BCUT2D eigenvalue weighted by Crippen LogP contribution is 2.28. The number of fused-ring (bicyclic) bond motifs is 1. The number of hydrogen-bond donors (Lipinski definition) is 1. The van der Waals surface area contributed by atoms with E-state index in [2.05, 4.69) is 69.1 Å². The molecule has 5 rings (SSSR count). The van der Waals surface area contributed by atoms with Crippen LogP contribution >= 0.6 is 11.9 Å². The molecule has 1 aliphatic heterocycles. The number of morpholine rings is 1. The summed E-state index contributed by atoms with van der Waals surface area (Å²) >= 11 is 1.59. The zero-order valence-electron chi connectivity index (χ0n) is 17.0. The molecule has 1 saturated heterocycles. The molecule has 0 atom stereocenters. The van der Waals surface area contributed by atoms with Crippen LogP contribution in [0.3, 0.4) is 0 Å². The summed E-state index contributed by atoms with van der Waals surface area (Å²) in [4.78, 5) is 8.16. The summed E-state index contributed by atoms with van der Waals surface area (Å²) in [6, 6.07) is 24.8. The Bertz CT molecular complexity index is 1220. The van der Waals surface area contributed by atoms with Crippen LogP contribution in [-0.4, -0.2) is 35.9 Å². The molecule has 0 spiro atoms. The third-order valence-electron chi connectivity index (χ3n) is 5.30. The van der Waals surface area contributed by atoms with Crippen molar-refractivity contribution >= 4 is 34.4 Å². The largest absolute Gasteiger partial charge is 0.378 e. The minimum absolute atomic E-state index is 0.605. The zero-order chi connectivity index (χ0) is 21.0. The molecular weight excluding hydrogens is 404 g/mol. The highest BCUT2D eigenvalue weighted by atomic mass is 32.2. The number of nitrogens with one attached hydrogen (secondary N) is 1. The van der Waals surface area contributed by atoms with E-state index < -0.39 is 0 Å². The monoisotopic (exact) mass is 426 g/mol. The quantitative estimate of drug-likeness (QED) is 0.361. The standard InChI is InChI=1S/C25H22N4OS/c1-2-25-26-23-13-12-21(28-14-16-30-17-15-28)18-24(23)29(25)20-10-8-19(9-11-20)27-31-22-6-4-3-5-7-22/h1,3-13,18,27H,14-17H2. The lowest BCUT2D eigenvalue weighted by atomic mass is 10.2. The zero-order valence-corrected chi connectivity index (χ0v) is 17.8. The van der Waals surface area contributed by atoms with Crippen LogP contribution in [0.2, 0.25) is 0 Å². The number of terminal acetylenes is 1. The smallest absolute Gasteiger partial charge is 0.190 e. The lowest BCUT2D eigenvalue weighted by Gasteiger charge is -2.28. The third-order valence-corrected chi connectivity index (χ3v) is 6.14. The number of rotatable bonds is 5. The molecule has 1 aromatic heterocycles. The van der Waals surface area contributed by atoms with Gasteiger partial charge in [0.25, 0.3) is 0 Å². The number of nitrogens with zero attached hydrogens (tertiary/aromatic N) is 3. The Hall–Kier alpha value is -3.40. The first kappa shape index (κ1) is 19.6. The summed E-state index contributed by atoms with van der Waals surface area (Å²) in [7, 11) is 0. The van der Waals surface area contributed by atoms with Crippen LogP contribution in [0.4, 0.5) is 11.4 Å². The number of hydrogen-bond acceptors (Lipinski definition) is 5. The first-order valence-electron chi connectivity index (χ1n) is 10.2. The molecule has 6 heteroatoms. The van der Waals surface area contributed by atoms with Gasteiger partial charge >= 0.3 is 0 Å². The van der Waals surface area contributed by atoms with Crippen molar-refractivity contribution in [1.29, 1.82) is 0 Å². The first-order valence-corrected chi connectivity index (χ1v) is 11.0. The molecule has 0 saturated carbocycles. The Balaban J connectivity index is 1.44. The Morgan fingerprint density at radius 1 is 0.935 bits per heavy atom. The molecule has 31 heavy (non-hydrogen) atoms. The van der Waals surface area contributed by atoms with Crippen LogP contribution in [0.15, 0.2) is 77.7 Å². The van der Waals surface area contributed by atoms with E-state index in [9.17, 15) is 0 Å². The lowest BCUT2D eigenvalue weighted by molar-refractivity contribution is 0.122. The van der Waals surface area contributed by atoms with Gasteiger partial charge in [-0.2, -0.15) is 0 Å². The van der Waals surface area contributed by atoms with Gasteiger partial charge < -0.3 is 14.4 Å². The molecular formula is C25H22N4OS. The summed E-state index contributed by atoms with van der Waals surface area (Å²) in [5.41, 5.74) is 5.09. The second-order valence-electron chi connectivity index (χ2n) is 7.25. The molecule has 3 aromatic carbocycles. The van der Waals surface area contributed by atoms with Crippen molar-refractivity contribution in [1.82, 2.24) is 9.55 Å². The van der Waals surface area contributed by atoms with Gasteiger partial charge in [-0.25, -0.2) is 4.98 Å². The van der Waals surface area contributed by atoms with Gasteiger partial charge in [-0.1, -0.05) is 18.2 Å². The third kappa shape index (κ3) is 4.11. The fourth-order valence-electron chi connectivity index (χ4n) is 3.73. The average Bonchev–Trinajstić information content (AvgIpc) is 3.22. The van der Waals surface area contributed by atoms with Crippen molar-refractivity contribution < 1.29 is 4.74 Å². The molecule has 0 unspecified atom stereocenters. The Morgan fingerprint density at radius 3 is 2.42 bits per heavy atom. The second-order valence-corrected chi connectivity index (χ2v) is 8.13. The molecule has 0 aliphatic carbocycles. The van der Waals surface area contributed by atoms with Crippen LogP contribution in [0.25, 0.3) is 16.7 Å². The van der Waals surface area contributed by atoms with E-state index in [0.717, 1.165) is 59.3 Å². The van der Waals surface area contributed by atoms with Crippen LogP contribution < -0.4 is 9.62 Å². The van der Waals surface area contributed by atoms with Gasteiger partial charge in [-0.15, -0.1) is 6.42 Å². The maximum Gasteiger partial charge on any atom is 0.190 e. The van der Waals surface area contributed by atoms with Crippen LogP contribution in [-0.2, 0) is 4.74 Å². The Morgan fingerprint density at radius 2 is 1.68 bits per heavy atom. The first-order chi connectivity index (χ1) is 15.3. The summed E-state index contributed by atoms with van der Waals surface area (Å²) in [6.07, 6.45) is 5.80. The molecule has 0 bridgehead atoms. The summed E-state index contributed by atoms with van der Waals surface area (Å²) in [6.45, 7) is 3.28. The number of anilines is 2. The van der Waals surface area contributed by atoms with E-state index in [4.69, 9.17) is 11.2 Å². The molecule has 1 N–H and O–H groups in total. The van der Waals surface area contributed by atoms with Crippen LogP contribution in [0.5, 0.6) is 0 Å². The molecule has 0 radical (unpaired) electrons.